The molecule has 106 valence electrons. The van der Waals surface area contributed by atoms with Crippen molar-refractivity contribution in [2.45, 2.75) is 6.42 Å². The van der Waals surface area contributed by atoms with Gasteiger partial charge in [0.2, 0.25) is 0 Å². The van der Waals surface area contributed by atoms with Gasteiger partial charge >= 0.3 is 0 Å². The Hall–Kier alpha value is -2.23. The normalized spacial score (nSPS) is 10.2. The predicted molar refractivity (Wildman–Crippen MR) is 80.8 cm³/mol. The lowest BCUT2D eigenvalue weighted by atomic mass is 10.1. The highest BCUT2D eigenvalue weighted by Crippen LogP contribution is 2.27. The molecule has 2 rings (SSSR count). The minimum atomic E-state index is 0.761. The van der Waals surface area contributed by atoms with Crippen molar-refractivity contribution < 1.29 is 9.47 Å². The molecule has 1 heterocycles. The van der Waals surface area contributed by atoms with E-state index in [9.17, 15) is 0 Å². The summed E-state index contributed by atoms with van der Waals surface area (Å²) >= 11 is 0. The van der Waals surface area contributed by atoms with Crippen molar-refractivity contribution in [2.75, 3.05) is 32.7 Å². The summed E-state index contributed by atoms with van der Waals surface area (Å²) in [6.45, 7) is 0.918. The number of aromatic nitrogens is 1. The van der Waals surface area contributed by atoms with Crippen LogP contribution in [0.5, 0.6) is 11.5 Å². The molecule has 4 heteroatoms. The van der Waals surface area contributed by atoms with E-state index < -0.39 is 0 Å². The zero-order valence-corrected chi connectivity index (χ0v) is 12.2. The Balaban J connectivity index is 2.00. The molecule has 0 saturated carbocycles. The number of rotatable bonds is 6. The van der Waals surface area contributed by atoms with Crippen LogP contribution in [0.2, 0.25) is 0 Å². The second-order valence-electron chi connectivity index (χ2n) is 4.57. The van der Waals surface area contributed by atoms with E-state index in [1.807, 2.05) is 24.4 Å². The van der Waals surface area contributed by atoms with Crippen molar-refractivity contribution in [3.63, 3.8) is 0 Å². The Bertz CT molecular complexity index is 543. The van der Waals surface area contributed by atoms with Crippen molar-refractivity contribution in [3.8, 4) is 11.5 Å². The van der Waals surface area contributed by atoms with Gasteiger partial charge in [0.15, 0.2) is 11.5 Å². The van der Waals surface area contributed by atoms with Gasteiger partial charge in [-0.25, -0.2) is 0 Å². The SMILES string of the molecule is COc1ccc(CCN(C)c2cccnc2)cc1OC. The first-order valence-corrected chi connectivity index (χ1v) is 6.56. The number of pyridine rings is 1. The highest BCUT2D eigenvalue weighted by Gasteiger charge is 2.06. The third kappa shape index (κ3) is 3.41. The zero-order valence-electron chi connectivity index (χ0n) is 12.2. The molecule has 0 fully saturated rings. The Morgan fingerprint density at radius 1 is 1.10 bits per heavy atom. The van der Waals surface area contributed by atoms with Crippen LogP contribution in [0.3, 0.4) is 0 Å². The van der Waals surface area contributed by atoms with Gasteiger partial charge in [0, 0.05) is 19.8 Å². The van der Waals surface area contributed by atoms with Crippen molar-refractivity contribution in [1.82, 2.24) is 4.98 Å². The standard InChI is InChI=1S/C16H20N2O2/c1-18(14-5-4-9-17-12-14)10-8-13-6-7-15(19-2)16(11-13)20-3/h4-7,9,11-12H,8,10H2,1-3H3. The van der Waals surface area contributed by atoms with E-state index in [1.165, 1.54) is 5.56 Å². The van der Waals surface area contributed by atoms with Crippen LogP contribution in [-0.4, -0.2) is 32.8 Å². The van der Waals surface area contributed by atoms with Gasteiger partial charge in [0.25, 0.3) is 0 Å². The Morgan fingerprint density at radius 3 is 2.55 bits per heavy atom. The molecule has 0 atom stereocenters. The quantitative estimate of drug-likeness (QED) is 0.810. The van der Waals surface area contributed by atoms with E-state index in [0.29, 0.717) is 0 Å². The molecule has 0 spiro atoms. The highest BCUT2D eigenvalue weighted by molar-refractivity contribution is 5.45. The summed E-state index contributed by atoms with van der Waals surface area (Å²) in [6, 6.07) is 10.0. The molecule has 0 unspecified atom stereocenters. The second kappa shape index (κ2) is 6.80. The maximum Gasteiger partial charge on any atom is 0.160 e. The van der Waals surface area contributed by atoms with Gasteiger partial charge in [-0.05, 0) is 36.2 Å². The Labute approximate surface area is 120 Å². The summed E-state index contributed by atoms with van der Waals surface area (Å²) in [5.74, 6) is 1.53. The van der Waals surface area contributed by atoms with Crippen LogP contribution >= 0.6 is 0 Å². The number of nitrogens with zero attached hydrogens (tertiary/aromatic N) is 2. The molecule has 0 saturated heterocycles. The van der Waals surface area contributed by atoms with Gasteiger partial charge in [-0.15, -0.1) is 0 Å². The minimum Gasteiger partial charge on any atom is -0.493 e. The van der Waals surface area contributed by atoms with Crippen molar-refractivity contribution in [3.05, 3.63) is 48.3 Å². The molecule has 4 nitrogen and oxygen atoms in total. The predicted octanol–water partition coefficient (Wildman–Crippen LogP) is 2.78. The first-order valence-electron chi connectivity index (χ1n) is 6.56. The molecule has 0 bridgehead atoms. The molecule has 0 amide bonds. The number of likely N-dealkylation sites (N-methyl/N-ethyl adjacent to an activating group) is 1. The molecule has 0 N–H and O–H groups in total. The summed E-state index contributed by atoms with van der Waals surface area (Å²) < 4.78 is 10.6. The third-order valence-corrected chi connectivity index (χ3v) is 3.27. The van der Waals surface area contributed by atoms with E-state index in [4.69, 9.17) is 9.47 Å². The molecule has 1 aromatic heterocycles. The monoisotopic (exact) mass is 272 g/mol. The molecule has 0 radical (unpaired) electrons. The molecule has 1 aromatic carbocycles. The number of hydrogen-bond acceptors (Lipinski definition) is 4. The number of hydrogen-bond donors (Lipinski definition) is 0. The maximum atomic E-state index is 5.32. The largest absolute Gasteiger partial charge is 0.493 e. The van der Waals surface area contributed by atoms with Crippen LogP contribution in [0.15, 0.2) is 42.7 Å². The Morgan fingerprint density at radius 2 is 1.90 bits per heavy atom. The van der Waals surface area contributed by atoms with Crippen molar-refractivity contribution in [1.29, 1.82) is 0 Å². The highest BCUT2D eigenvalue weighted by atomic mass is 16.5. The van der Waals surface area contributed by atoms with E-state index in [0.717, 1.165) is 30.2 Å². The van der Waals surface area contributed by atoms with E-state index >= 15 is 0 Å². The summed E-state index contributed by atoms with van der Waals surface area (Å²) in [5.41, 5.74) is 2.34. The molecular weight excluding hydrogens is 252 g/mol. The molecule has 0 aliphatic rings. The summed E-state index contributed by atoms with van der Waals surface area (Å²) in [7, 11) is 5.37. The first-order chi connectivity index (χ1) is 9.74. The van der Waals surface area contributed by atoms with Gasteiger partial charge in [0.05, 0.1) is 26.1 Å². The van der Waals surface area contributed by atoms with Gasteiger partial charge < -0.3 is 14.4 Å². The topological polar surface area (TPSA) is 34.6 Å². The van der Waals surface area contributed by atoms with Crippen LogP contribution in [-0.2, 0) is 6.42 Å². The number of benzene rings is 1. The number of methoxy groups -OCH3 is 2. The summed E-state index contributed by atoms with van der Waals surface area (Å²) in [4.78, 5) is 6.32. The molecule has 0 aliphatic heterocycles. The summed E-state index contributed by atoms with van der Waals surface area (Å²) in [6.07, 6.45) is 4.59. The van der Waals surface area contributed by atoms with Crippen LogP contribution in [0.25, 0.3) is 0 Å². The number of ether oxygens (including phenoxy) is 2. The van der Waals surface area contributed by atoms with Crippen LogP contribution in [0.1, 0.15) is 5.56 Å². The lowest BCUT2D eigenvalue weighted by Crippen LogP contribution is -2.20. The minimum absolute atomic E-state index is 0.761. The van der Waals surface area contributed by atoms with Gasteiger partial charge in [-0.2, -0.15) is 0 Å². The number of anilines is 1. The molecular formula is C16H20N2O2. The lowest BCUT2D eigenvalue weighted by Gasteiger charge is -2.19. The van der Waals surface area contributed by atoms with E-state index in [-0.39, 0.29) is 0 Å². The molecule has 2 aromatic rings. The van der Waals surface area contributed by atoms with Crippen LogP contribution in [0.4, 0.5) is 5.69 Å². The fraction of sp³-hybridized carbons (Fsp3) is 0.312. The van der Waals surface area contributed by atoms with Gasteiger partial charge in [-0.3, -0.25) is 4.98 Å². The maximum absolute atomic E-state index is 5.32. The molecule has 20 heavy (non-hydrogen) atoms. The van der Waals surface area contributed by atoms with Gasteiger partial charge in [0.1, 0.15) is 0 Å². The lowest BCUT2D eigenvalue weighted by molar-refractivity contribution is 0.354. The first kappa shape index (κ1) is 14.2. The Kier molecular flexibility index (Phi) is 4.82. The molecule has 0 aliphatic carbocycles. The van der Waals surface area contributed by atoms with Crippen LogP contribution in [0, 0.1) is 0 Å². The third-order valence-electron chi connectivity index (χ3n) is 3.27. The van der Waals surface area contributed by atoms with E-state index in [1.54, 1.807) is 20.4 Å². The summed E-state index contributed by atoms with van der Waals surface area (Å²) in [5, 5.41) is 0. The van der Waals surface area contributed by atoms with Gasteiger partial charge in [-0.1, -0.05) is 6.07 Å². The van der Waals surface area contributed by atoms with Crippen LogP contribution < -0.4 is 14.4 Å². The fourth-order valence-electron chi connectivity index (χ4n) is 2.04. The van der Waals surface area contributed by atoms with Crippen molar-refractivity contribution >= 4 is 5.69 Å². The fourth-order valence-corrected chi connectivity index (χ4v) is 2.04. The zero-order chi connectivity index (χ0) is 14.4. The van der Waals surface area contributed by atoms with Crippen molar-refractivity contribution in [2.24, 2.45) is 0 Å². The van der Waals surface area contributed by atoms with E-state index in [2.05, 4.69) is 29.1 Å². The average Bonchev–Trinajstić information content (AvgIpc) is 2.53. The average molecular weight is 272 g/mol. The smallest absolute Gasteiger partial charge is 0.160 e. The second-order valence-corrected chi connectivity index (χ2v) is 4.57.